The molecule has 0 saturated carbocycles. The van der Waals surface area contributed by atoms with Crippen LogP contribution in [0.15, 0.2) is 53.5 Å². The van der Waals surface area contributed by atoms with Gasteiger partial charge in [-0.05, 0) is 35.9 Å². The lowest BCUT2D eigenvalue weighted by Crippen LogP contribution is -2.12. The van der Waals surface area contributed by atoms with Crippen molar-refractivity contribution in [2.24, 2.45) is 4.99 Å². The van der Waals surface area contributed by atoms with E-state index in [1.807, 2.05) is 24.3 Å². The Balaban J connectivity index is 1.83. The molecule has 1 heterocycles. The van der Waals surface area contributed by atoms with Gasteiger partial charge in [0.05, 0.1) is 11.3 Å². The summed E-state index contributed by atoms with van der Waals surface area (Å²) >= 11 is 0. The molecule has 21 heavy (non-hydrogen) atoms. The molecule has 1 amide bonds. The predicted octanol–water partition coefficient (Wildman–Crippen LogP) is 2.82. The number of aliphatic imine (C=N–C) groups is 1. The van der Waals surface area contributed by atoms with Gasteiger partial charge in [-0.2, -0.15) is 0 Å². The van der Waals surface area contributed by atoms with Crippen molar-refractivity contribution in [3.63, 3.8) is 0 Å². The summed E-state index contributed by atoms with van der Waals surface area (Å²) in [5, 5.41) is 11.6. The summed E-state index contributed by atoms with van der Waals surface area (Å²) in [4.78, 5) is 26.9. The van der Waals surface area contributed by atoms with Gasteiger partial charge >= 0.3 is 5.97 Å². The summed E-state index contributed by atoms with van der Waals surface area (Å²) < 4.78 is 0. The fourth-order valence-electron chi connectivity index (χ4n) is 2.23. The van der Waals surface area contributed by atoms with E-state index in [0.717, 1.165) is 11.3 Å². The lowest BCUT2D eigenvalue weighted by Gasteiger charge is -2.01. The van der Waals surface area contributed by atoms with Crippen molar-refractivity contribution >= 4 is 29.5 Å². The van der Waals surface area contributed by atoms with Gasteiger partial charge in [-0.3, -0.25) is 9.79 Å². The molecule has 2 aromatic rings. The zero-order valence-electron chi connectivity index (χ0n) is 11.0. The Labute approximate surface area is 121 Å². The molecular formula is C16H12N2O3. The first-order chi connectivity index (χ1) is 10.1. The van der Waals surface area contributed by atoms with Gasteiger partial charge in [-0.15, -0.1) is 0 Å². The molecule has 1 aliphatic heterocycles. The number of hydrogen-bond acceptors (Lipinski definition) is 3. The van der Waals surface area contributed by atoms with E-state index < -0.39 is 11.9 Å². The maximum absolute atomic E-state index is 11.9. The number of benzene rings is 2. The van der Waals surface area contributed by atoms with Gasteiger partial charge in [0.25, 0.3) is 0 Å². The van der Waals surface area contributed by atoms with E-state index in [2.05, 4.69) is 10.3 Å². The highest BCUT2D eigenvalue weighted by atomic mass is 16.4. The number of nitrogens with zero attached hydrogens (tertiary/aromatic N) is 1. The monoisotopic (exact) mass is 280 g/mol. The smallest absolute Gasteiger partial charge is 0.335 e. The van der Waals surface area contributed by atoms with Crippen molar-refractivity contribution in [3.8, 4) is 0 Å². The highest BCUT2D eigenvalue weighted by Crippen LogP contribution is 2.31. The number of nitrogens with one attached hydrogen (secondary N) is 1. The van der Waals surface area contributed by atoms with Gasteiger partial charge < -0.3 is 10.4 Å². The third-order valence-electron chi connectivity index (χ3n) is 3.32. The van der Waals surface area contributed by atoms with Gasteiger partial charge in [0, 0.05) is 11.9 Å². The molecule has 5 nitrogen and oxygen atoms in total. The Morgan fingerprint density at radius 3 is 2.57 bits per heavy atom. The van der Waals surface area contributed by atoms with Gasteiger partial charge in [-0.1, -0.05) is 18.2 Å². The molecule has 0 bridgehead atoms. The molecule has 2 aromatic carbocycles. The Morgan fingerprint density at radius 1 is 1.14 bits per heavy atom. The number of carboxylic acid groups (broad SMARTS) is 1. The number of carbonyl (C=O) groups excluding carboxylic acids is 1. The van der Waals surface area contributed by atoms with Crippen LogP contribution in [-0.4, -0.2) is 23.2 Å². The van der Waals surface area contributed by atoms with E-state index in [-0.39, 0.29) is 11.5 Å². The van der Waals surface area contributed by atoms with Gasteiger partial charge in [0.15, 0.2) is 0 Å². The highest BCUT2D eigenvalue weighted by Gasteiger charge is 2.28. The number of hydrogen-bond donors (Lipinski definition) is 2. The minimum atomic E-state index is -0.977. The van der Waals surface area contributed by atoms with Crippen LogP contribution in [0.1, 0.15) is 21.8 Å². The molecule has 0 fully saturated rings. The van der Waals surface area contributed by atoms with Crippen LogP contribution in [0.4, 0.5) is 11.4 Å². The van der Waals surface area contributed by atoms with Crippen molar-refractivity contribution in [2.75, 3.05) is 5.32 Å². The number of rotatable bonds is 3. The predicted molar refractivity (Wildman–Crippen MR) is 79.4 cm³/mol. The molecule has 5 heteroatoms. The van der Waals surface area contributed by atoms with E-state index in [4.69, 9.17) is 5.11 Å². The van der Waals surface area contributed by atoms with E-state index >= 15 is 0 Å². The first-order valence-corrected chi connectivity index (χ1v) is 6.42. The minimum Gasteiger partial charge on any atom is -0.478 e. The average Bonchev–Trinajstić information content (AvgIpc) is 2.81. The summed E-state index contributed by atoms with van der Waals surface area (Å²) in [5.41, 5.74) is 2.52. The SMILES string of the molecule is O=C(O)c1ccc(N=CC2C(=O)Nc3ccccc32)cc1. The zero-order valence-corrected chi connectivity index (χ0v) is 11.0. The van der Waals surface area contributed by atoms with Crippen molar-refractivity contribution in [3.05, 3.63) is 59.7 Å². The van der Waals surface area contributed by atoms with Crippen LogP contribution in [0, 0.1) is 0 Å². The number of aromatic carboxylic acids is 1. The van der Waals surface area contributed by atoms with E-state index in [9.17, 15) is 9.59 Å². The van der Waals surface area contributed by atoms with Crippen molar-refractivity contribution in [1.82, 2.24) is 0 Å². The normalized spacial score (nSPS) is 16.8. The summed E-state index contributed by atoms with van der Waals surface area (Å²) in [5.74, 6) is -1.50. The van der Waals surface area contributed by atoms with Crippen LogP contribution in [0.5, 0.6) is 0 Å². The van der Waals surface area contributed by atoms with Crippen LogP contribution in [0.2, 0.25) is 0 Å². The molecule has 1 unspecified atom stereocenters. The Kier molecular flexibility index (Phi) is 3.23. The second kappa shape index (κ2) is 5.20. The summed E-state index contributed by atoms with van der Waals surface area (Å²) in [6.07, 6.45) is 1.58. The second-order valence-corrected chi connectivity index (χ2v) is 4.68. The summed E-state index contributed by atoms with van der Waals surface area (Å²) in [6, 6.07) is 13.7. The molecule has 2 N–H and O–H groups in total. The summed E-state index contributed by atoms with van der Waals surface area (Å²) in [6.45, 7) is 0. The Bertz CT molecular complexity index is 735. The fraction of sp³-hybridized carbons (Fsp3) is 0.0625. The molecule has 3 rings (SSSR count). The molecule has 0 aromatic heterocycles. The number of carbonyl (C=O) groups is 2. The molecule has 0 aliphatic carbocycles. The fourth-order valence-corrected chi connectivity index (χ4v) is 2.23. The lowest BCUT2D eigenvalue weighted by molar-refractivity contribution is -0.115. The van der Waals surface area contributed by atoms with E-state index in [1.54, 1.807) is 18.3 Å². The lowest BCUT2D eigenvalue weighted by atomic mass is 10.0. The largest absolute Gasteiger partial charge is 0.478 e. The van der Waals surface area contributed by atoms with Crippen LogP contribution in [0.25, 0.3) is 0 Å². The zero-order chi connectivity index (χ0) is 14.8. The third kappa shape index (κ3) is 2.53. The molecule has 1 aliphatic rings. The number of para-hydroxylation sites is 1. The molecule has 0 spiro atoms. The van der Waals surface area contributed by atoms with Crippen molar-refractivity contribution < 1.29 is 14.7 Å². The molecule has 0 radical (unpaired) electrons. The molecule has 104 valence electrons. The summed E-state index contributed by atoms with van der Waals surface area (Å²) in [7, 11) is 0. The topological polar surface area (TPSA) is 78.8 Å². The van der Waals surface area contributed by atoms with Crippen molar-refractivity contribution in [2.45, 2.75) is 5.92 Å². The van der Waals surface area contributed by atoms with Gasteiger partial charge in [-0.25, -0.2) is 4.79 Å². The second-order valence-electron chi connectivity index (χ2n) is 4.68. The van der Waals surface area contributed by atoms with Crippen molar-refractivity contribution in [1.29, 1.82) is 0 Å². The Hall–Kier alpha value is -2.95. The average molecular weight is 280 g/mol. The third-order valence-corrected chi connectivity index (χ3v) is 3.32. The number of fused-ring (bicyclic) bond motifs is 1. The van der Waals surface area contributed by atoms with Crippen LogP contribution >= 0.6 is 0 Å². The maximum Gasteiger partial charge on any atom is 0.335 e. The van der Waals surface area contributed by atoms with Gasteiger partial charge in [0.1, 0.15) is 5.92 Å². The van der Waals surface area contributed by atoms with E-state index in [0.29, 0.717) is 5.69 Å². The van der Waals surface area contributed by atoms with Gasteiger partial charge in [0.2, 0.25) is 5.91 Å². The first-order valence-electron chi connectivity index (χ1n) is 6.42. The Morgan fingerprint density at radius 2 is 1.86 bits per heavy atom. The van der Waals surface area contributed by atoms with Crippen LogP contribution < -0.4 is 5.32 Å². The molecular weight excluding hydrogens is 268 g/mol. The quantitative estimate of drug-likeness (QED) is 0.848. The van der Waals surface area contributed by atoms with Crippen LogP contribution in [-0.2, 0) is 4.79 Å². The van der Waals surface area contributed by atoms with Crippen LogP contribution in [0.3, 0.4) is 0 Å². The molecule has 0 saturated heterocycles. The first kappa shape index (κ1) is 13.1. The maximum atomic E-state index is 11.9. The molecule has 1 atom stereocenters. The number of anilines is 1. The van der Waals surface area contributed by atoms with E-state index in [1.165, 1.54) is 12.1 Å². The minimum absolute atomic E-state index is 0.109. The number of carboxylic acids is 1. The number of amides is 1. The standard InChI is InChI=1S/C16H12N2O3/c19-15-13(12-3-1-2-4-14(12)18-15)9-17-11-7-5-10(6-8-11)16(20)21/h1-9,13H,(H,18,19)(H,20,21). The highest BCUT2D eigenvalue weighted by molar-refractivity contribution is 6.12.